The van der Waals surface area contributed by atoms with Crippen LogP contribution in [0, 0.1) is 34.8 Å². The normalized spacial score (nSPS) is 15.6. The number of carbonyl (C=O) groups is 7. The molecule has 1 aromatic carbocycles. The van der Waals surface area contributed by atoms with Gasteiger partial charge in [-0.15, -0.1) is 0 Å². The number of sulfonamides is 1. The Morgan fingerprint density at radius 1 is 0.934 bits per heavy atom. The molecule has 1 saturated carbocycles. The molecule has 0 radical (unpaired) electrons. The van der Waals surface area contributed by atoms with Crippen molar-refractivity contribution in [3.05, 3.63) is 58.2 Å². The highest BCUT2D eigenvalue weighted by molar-refractivity contribution is 7.90. The molecule has 5 atom stereocenters. The van der Waals surface area contributed by atoms with E-state index in [1.807, 2.05) is 13.8 Å². The van der Waals surface area contributed by atoms with Crippen molar-refractivity contribution in [2.24, 2.45) is 23.5 Å². The van der Waals surface area contributed by atoms with Crippen LogP contribution < -0.4 is 26.4 Å². The number of nitrogens with zero attached hydrogens (tertiary/aromatic N) is 4. The molecule has 1 fully saturated rings. The number of imide groups is 3. The number of nitro groups is 1. The molecule has 7 amide bonds. The lowest BCUT2D eigenvalue weighted by atomic mass is 9.84. The first-order chi connectivity index (χ1) is 28.7. The summed E-state index contributed by atoms with van der Waals surface area (Å²) < 4.78 is 27.9. The summed E-state index contributed by atoms with van der Waals surface area (Å²) >= 11 is 0. The smallest absolute Gasteiger partial charge is 0.326 e. The van der Waals surface area contributed by atoms with E-state index < -0.39 is 103 Å². The Kier molecular flexibility index (Phi) is 18.5. The number of aryl methyl sites for hydroxylation is 1. The predicted molar refractivity (Wildman–Crippen MR) is 220 cm³/mol. The fourth-order valence-electron chi connectivity index (χ4n) is 6.78. The number of rotatable bonds is 19. The second kappa shape index (κ2) is 22.8. The van der Waals surface area contributed by atoms with E-state index in [1.54, 1.807) is 20.8 Å². The molecule has 0 bridgehead atoms. The van der Waals surface area contributed by atoms with E-state index in [2.05, 4.69) is 25.9 Å². The largest absolute Gasteiger partial charge is 0.342 e. The molecular formula is C40H57N9O11S. The third kappa shape index (κ3) is 14.2. The second-order valence-corrected chi connectivity index (χ2v) is 17.5. The van der Waals surface area contributed by atoms with Crippen LogP contribution in [0.1, 0.15) is 115 Å². The van der Waals surface area contributed by atoms with Crippen LogP contribution in [0.2, 0.25) is 0 Å². The van der Waals surface area contributed by atoms with Crippen LogP contribution >= 0.6 is 0 Å². The third-order valence-corrected chi connectivity index (χ3v) is 11.9. The zero-order valence-corrected chi connectivity index (χ0v) is 36.2. The van der Waals surface area contributed by atoms with E-state index in [0.717, 1.165) is 31.4 Å². The van der Waals surface area contributed by atoms with E-state index in [9.17, 15) is 52.1 Å². The van der Waals surface area contributed by atoms with Crippen LogP contribution in [0.5, 0.6) is 0 Å². The van der Waals surface area contributed by atoms with E-state index in [-0.39, 0.29) is 47.3 Å². The fraction of sp³-hybridized carbons (Fsp3) is 0.575. The summed E-state index contributed by atoms with van der Waals surface area (Å²) in [4.78, 5) is 114. The van der Waals surface area contributed by atoms with Crippen LogP contribution in [0.3, 0.4) is 0 Å². The standard InChI is InChI=1S/C40H57N9O11S/c1-7-24(5)34(46-35(51)29(18-23(3)4)44-36(52)31-22-42-16-17-43-31)37(53)45-30(19-26-12-10-9-11-13-26)39(55)48(33(50)20-27(41)8-2)40(56)38(54)47-61(59,60)28-15-14-25(6)32(21-28)49(57)58/h14-17,21-24,26-27,29-30,34H,7-13,18-20,41H2,1-6H3,(H,44,52)(H,45,53)(H,46,51)(H,47,54)/t24-,27?,29-,30-,34-/m0/s1. The fourth-order valence-corrected chi connectivity index (χ4v) is 7.74. The zero-order chi connectivity index (χ0) is 45.6. The summed E-state index contributed by atoms with van der Waals surface area (Å²) in [6.45, 7) is 10.1. The average molecular weight is 872 g/mol. The topological polar surface area (TPSA) is 300 Å². The van der Waals surface area contributed by atoms with Crippen LogP contribution in [0.4, 0.5) is 5.69 Å². The van der Waals surface area contributed by atoms with Crippen molar-refractivity contribution >= 4 is 57.1 Å². The van der Waals surface area contributed by atoms with E-state index in [0.29, 0.717) is 25.3 Å². The number of carbonyl (C=O) groups excluding carboxylic acids is 7. The molecule has 334 valence electrons. The highest BCUT2D eigenvalue weighted by Gasteiger charge is 2.42. The third-order valence-electron chi connectivity index (χ3n) is 10.6. The predicted octanol–water partition coefficient (Wildman–Crippen LogP) is 2.34. The second-order valence-electron chi connectivity index (χ2n) is 15.8. The Morgan fingerprint density at radius 3 is 2.18 bits per heavy atom. The first-order valence-corrected chi connectivity index (χ1v) is 21.8. The summed E-state index contributed by atoms with van der Waals surface area (Å²) in [5.74, 6) is -9.47. The zero-order valence-electron chi connectivity index (χ0n) is 35.3. The Balaban J connectivity index is 2.00. The molecule has 2 aromatic rings. The molecule has 0 aliphatic heterocycles. The van der Waals surface area contributed by atoms with Gasteiger partial charge in [-0.05, 0) is 50.0 Å². The van der Waals surface area contributed by atoms with Gasteiger partial charge in [-0.2, -0.15) is 0 Å². The van der Waals surface area contributed by atoms with Crippen molar-refractivity contribution in [1.29, 1.82) is 0 Å². The molecular weight excluding hydrogens is 815 g/mol. The number of nitrogens with one attached hydrogen (secondary N) is 4. The number of amides is 7. The molecule has 1 aliphatic rings. The summed E-state index contributed by atoms with van der Waals surface area (Å²) in [6, 6.07) is -2.17. The lowest BCUT2D eigenvalue weighted by Crippen LogP contribution is -2.61. The van der Waals surface area contributed by atoms with Gasteiger partial charge in [-0.25, -0.2) is 23.0 Å². The molecule has 1 aromatic heterocycles. The van der Waals surface area contributed by atoms with E-state index in [1.165, 1.54) is 30.2 Å². The Hall–Kier alpha value is -5.70. The lowest BCUT2D eigenvalue weighted by molar-refractivity contribution is -0.385. The molecule has 0 saturated heterocycles. The number of nitrogens with two attached hydrogens (primary N) is 1. The number of nitro benzene ring substituents is 1. The summed E-state index contributed by atoms with van der Waals surface area (Å²) in [5.41, 5.74) is 5.50. The molecule has 1 unspecified atom stereocenters. The van der Waals surface area contributed by atoms with E-state index in [4.69, 9.17) is 5.73 Å². The summed E-state index contributed by atoms with van der Waals surface area (Å²) in [5, 5.41) is 19.5. The number of hydrogen-bond acceptors (Lipinski definition) is 14. The first-order valence-electron chi connectivity index (χ1n) is 20.4. The van der Waals surface area contributed by atoms with Crippen molar-refractivity contribution in [3.8, 4) is 0 Å². The van der Waals surface area contributed by atoms with E-state index >= 15 is 0 Å². The Labute approximate surface area is 355 Å². The number of hydrogen-bond donors (Lipinski definition) is 5. The molecule has 21 heteroatoms. The highest BCUT2D eigenvalue weighted by atomic mass is 32.2. The average Bonchev–Trinajstić information content (AvgIpc) is 3.21. The van der Waals surface area contributed by atoms with Crippen molar-refractivity contribution < 1.29 is 46.9 Å². The van der Waals surface area contributed by atoms with Gasteiger partial charge in [0.25, 0.3) is 27.5 Å². The Bertz CT molecular complexity index is 2040. The summed E-state index contributed by atoms with van der Waals surface area (Å²) in [7, 11) is -4.97. The quantitative estimate of drug-likeness (QED) is 0.0769. The van der Waals surface area contributed by atoms with Gasteiger partial charge in [-0.3, -0.25) is 48.7 Å². The maximum Gasteiger partial charge on any atom is 0.326 e. The molecule has 61 heavy (non-hydrogen) atoms. The molecule has 1 heterocycles. The monoisotopic (exact) mass is 871 g/mol. The molecule has 0 spiro atoms. The minimum absolute atomic E-state index is 0.0246. The van der Waals surface area contributed by atoms with Crippen LogP contribution in [-0.2, 0) is 38.8 Å². The molecule has 20 nitrogen and oxygen atoms in total. The van der Waals surface area contributed by atoms with Crippen molar-refractivity contribution in [2.75, 3.05) is 0 Å². The molecule has 6 N–H and O–H groups in total. The van der Waals surface area contributed by atoms with Gasteiger partial charge in [0.2, 0.25) is 17.7 Å². The van der Waals surface area contributed by atoms with Crippen molar-refractivity contribution in [3.63, 3.8) is 0 Å². The van der Waals surface area contributed by atoms with Crippen LogP contribution in [0.25, 0.3) is 0 Å². The van der Waals surface area contributed by atoms with Gasteiger partial charge in [0.1, 0.15) is 23.8 Å². The lowest BCUT2D eigenvalue weighted by Gasteiger charge is -2.32. The first kappa shape index (κ1) is 49.7. The van der Waals surface area contributed by atoms with Gasteiger partial charge in [0, 0.05) is 36.5 Å². The minimum Gasteiger partial charge on any atom is -0.342 e. The van der Waals surface area contributed by atoms with Gasteiger partial charge in [0.05, 0.1) is 16.0 Å². The van der Waals surface area contributed by atoms with Gasteiger partial charge < -0.3 is 21.7 Å². The van der Waals surface area contributed by atoms with Crippen molar-refractivity contribution in [1.82, 2.24) is 35.5 Å². The van der Waals surface area contributed by atoms with Crippen LogP contribution in [0.15, 0.2) is 41.7 Å². The Morgan fingerprint density at radius 2 is 1.61 bits per heavy atom. The SMILES string of the molecule is CCC(N)CC(=O)N(C(=O)C(=O)NS(=O)(=O)c1ccc(C)c([N+](=O)[O-])c1)C(=O)[C@H](CC1CCCCC1)NC(=O)[C@@H](NC(=O)[C@H](CC(C)C)NC(=O)c1cnccn1)[C@@H](C)CC. The highest BCUT2D eigenvalue weighted by Crippen LogP contribution is 2.28. The minimum atomic E-state index is -4.97. The summed E-state index contributed by atoms with van der Waals surface area (Å²) in [6.07, 6.45) is 7.76. The number of benzene rings is 1. The maximum atomic E-state index is 14.6. The van der Waals surface area contributed by atoms with Gasteiger partial charge >= 0.3 is 11.8 Å². The van der Waals surface area contributed by atoms with Crippen molar-refractivity contribution in [2.45, 2.75) is 135 Å². The van der Waals surface area contributed by atoms with Gasteiger partial charge in [-0.1, -0.05) is 79.2 Å². The van der Waals surface area contributed by atoms with Crippen LogP contribution in [-0.4, -0.2) is 93.7 Å². The maximum absolute atomic E-state index is 14.6. The molecule has 1 aliphatic carbocycles. The molecule has 3 rings (SSSR count). The number of aromatic nitrogens is 2. The van der Waals surface area contributed by atoms with Gasteiger partial charge in [0.15, 0.2) is 0 Å².